The highest BCUT2D eigenvalue weighted by molar-refractivity contribution is 5.39. The number of ether oxygens (including phenoxy) is 1. The highest BCUT2D eigenvalue weighted by Gasteiger charge is 2.12. The molecule has 1 aromatic carbocycles. The Kier molecular flexibility index (Phi) is 4.07. The standard InChI is InChI=1S/C17H21NO2/c1-13(4-6-16-3-2-9-19-16)18-12-14-5-7-17-15(11-14)8-10-20-17/h2-3,5,7,9,11,13,18H,4,6,8,10,12H2,1H3. The Hall–Kier alpha value is -1.74. The van der Waals surface area contributed by atoms with Gasteiger partial charge in [0.15, 0.2) is 0 Å². The number of hydrogen-bond acceptors (Lipinski definition) is 3. The summed E-state index contributed by atoms with van der Waals surface area (Å²) in [5.41, 5.74) is 2.67. The van der Waals surface area contributed by atoms with E-state index in [-0.39, 0.29) is 0 Å². The topological polar surface area (TPSA) is 34.4 Å². The first kappa shape index (κ1) is 13.3. The maximum absolute atomic E-state index is 5.53. The van der Waals surface area contributed by atoms with E-state index < -0.39 is 0 Å². The van der Waals surface area contributed by atoms with E-state index >= 15 is 0 Å². The van der Waals surface area contributed by atoms with Crippen molar-refractivity contribution >= 4 is 0 Å². The first-order valence-corrected chi connectivity index (χ1v) is 7.31. The van der Waals surface area contributed by atoms with Gasteiger partial charge in [-0.2, -0.15) is 0 Å². The molecule has 0 fully saturated rings. The molecule has 0 spiro atoms. The van der Waals surface area contributed by atoms with Gasteiger partial charge in [-0.15, -0.1) is 0 Å². The van der Waals surface area contributed by atoms with Gasteiger partial charge in [-0.25, -0.2) is 0 Å². The number of rotatable bonds is 6. The Morgan fingerprint density at radius 2 is 2.25 bits per heavy atom. The molecule has 3 rings (SSSR count). The minimum atomic E-state index is 0.476. The van der Waals surface area contributed by atoms with Crippen molar-refractivity contribution in [2.24, 2.45) is 0 Å². The van der Waals surface area contributed by atoms with Crippen LogP contribution in [0, 0.1) is 0 Å². The van der Waals surface area contributed by atoms with Gasteiger partial charge in [-0.05, 0) is 42.7 Å². The van der Waals surface area contributed by atoms with E-state index in [4.69, 9.17) is 9.15 Å². The first-order valence-electron chi connectivity index (χ1n) is 7.31. The summed E-state index contributed by atoms with van der Waals surface area (Å²) >= 11 is 0. The summed E-state index contributed by atoms with van der Waals surface area (Å²) in [7, 11) is 0. The normalized spacial score (nSPS) is 14.8. The van der Waals surface area contributed by atoms with Crippen molar-refractivity contribution in [1.29, 1.82) is 0 Å². The number of benzene rings is 1. The molecule has 3 nitrogen and oxygen atoms in total. The van der Waals surface area contributed by atoms with Crippen molar-refractivity contribution in [3.8, 4) is 5.75 Å². The number of nitrogens with one attached hydrogen (secondary N) is 1. The zero-order valence-corrected chi connectivity index (χ0v) is 11.9. The molecule has 0 saturated carbocycles. The molecule has 0 amide bonds. The molecule has 1 atom stereocenters. The van der Waals surface area contributed by atoms with Crippen LogP contribution in [0.5, 0.6) is 5.75 Å². The third kappa shape index (κ3) is 3.23. The van der Waals surface area contributed by atoms with Gasteiger partial charge in [-0.1, -0.05) is 12.1 Å². The lowest BCUT2D eigenvalue weighted by Crippen LogP contribution is -2.25. The van der Waals surface area contributed by atoms with Crippen LogP contribution in [0.25, 0.3) is 0 Å². The largest absolute Gasteiger partial charge is 0.493 e. The quantitative estimate of drug-likeness (QED) is 0.875. The van der Waals surface area contributed by atoms with Crippen LogP contribution in [0.4, 0.5) is 0 Å². The summed E-state index contributed by atoms with van der Waals surface area (Å²) in [5, 5.41) is 3.57. The van der Waals surface area contributed by atoms with Gasteiger partial charge in [0.2, 0.25) is 0 Å². The SMILES string of the molecule is CC(CCc1ccco1)NCc1ccc2c(c1)CCO2. The van der Waals surface area contributed by atoms with Crippen LogP contribution in [0.2, 0.25) is 0 Å². The predicted molar refractivity (Wildman–Crippen MR) is 79.0 cm³/mol. The molecule has 20 heavy (non-hydrogen) atoms. The van der Waals surface area contributed by atoms with Gasteiger partial charge in [0.05, 0.1) is 12.9 Å². The monoisotopic (exact) mass is 271 g/mol. The Labute approximate surface area is 119 Å². The van der Waals surface area contributed by atoms with Gasteiger partial charge in [0.1, 0.15) is 11.5 Å². The van der Waals surface area contributed by atoms with E-state index in [1.54, 1.807) is 6.26 Å². The molecule has 1 aliphatic heterocycles. The number of aryl methyl sites for hydroxylation is 1. The molecule has 1 aliphatic rings. The van der Waals surface area contributed by atoms with Crippen molar-refractivity contribution in [3.05, 3.63) is 53.5 Å². The zero-order chi connectivity index (χ0) is 13.8. The molecule has 1 unspecified atom stereocenters. The van der Waals surface area contributed by atoms with Crippen molar-refractivity contribution < 1.29 is 9.15 Å². The van der Waals surface area contributed by atoms with Crippen molar-refractivity contribution in [2.75, 3.05) is 6.61 Å². The molecule has 1 aromatic heterocycles. The summed E-state index contributed by atoms with van der Waals surface area (Å²) in [6.45, 7) is 3.96. The van der Waals surface area contributed by atoms with Gasteiger partial charge in [0.25, 0.3) is 0 Å². The Morgan fingerprint density at radius 3 is 3.10 bits per heavy atom. The molecule has 106 valence electrons. The summed E-state index contributed by atoms with van der Waals surface area (Å²) in [6, 6.07) is 11.0. The fraction of sp³-hybridized carbons (Fsp3) is 0.412. The lowest BCUT2D eigenvalue weighted by Gasteiger charge is -2.13. The van der Waals surface area contributed by atoms with Gasteiger partial charge in [0, 0.05) is 25.4 Å². The zero-order valence-electron chi connectivity index (χ0n) is 11.9. The third-order valence-electron chi connectivity index (χ3n) is 3.81. The Balaban J connectivity index is 1.46. The summed E-state index contributed by atoms with van der Waals surface area (Å²) in [5.74, 6) is 2.12. The molecule has 3 heteroatoms. The Morgan fingerprint density at radius 1 is 1.30 bits per heavy atom. The fourth-order valence-corrected chi connectivity index (χ4v) is 2.56. The van der Waals surface area contributed by atoms with Crippen LogP contribution in [-0.4, -0.2) is 12.6 Å². The summed E-state index contributed by atoms with van der Waals surface area (Å²) < 4.78 is 10.9. The number of hydrogen-bond donors (Lipinski definition) is 1. The van der Waals surface area contributed by atoms with E-state index in [2.05, 4.69) is 30.4 Å². The Bertz CT molecular complexity index is 548. The molecular weight excluding hydrogens is 250 g/mol. The third-order valence-corrected chi connectivity index (χ3v) is 3.81. The van der Waals surface area contributed by atoms with Crippen LogP contribution in [0.1, 0.15) is 30.2 Å². The van der Waals surface area contributed by atoms with Crippen LogP contribution in [0.15, 0.2) is 41.0 Å². The molecule has 0 bridgehead atoms. The molecule has 0 aliphatic carbocycles. The van der Waals surface area contributed by atoms with Gasteiger partial charge < -0.3 is 14.5 Å². The predicted octanol–water partition coefficient (Wildman–Crippen LogP) is 3.33. The van der Waals surface area contributed by atoms with Crippen molar-refractivity contribution in [1.82, 2.24) is 5.32 Å². The van der Waals surface area contributed by atoms with Crippen LogP contribution in [0.3, 0.4) is 0 Å². The fourth-order valence-electron chi connectivity index (χ4n) is 2.56. The summed E-state index contributed by atoms with van der Waals surface area (Å²) in [4.78, 5) is 0. The lowest BCUT2D eigenvalue weighted by atomic mass is 10.1. The minimum absolute atomic E-state index is 0.476. The molecule has 0 radical (unpaired) electrons. The second-order valence-corrected chi connectivity index (χ2v) is 5.44. The first-order chi connectivity index (χ1) is 9.81. The van der Waals surface area contributed by atoms with Crippen molar-refractivity contribution in [3.63, 3.8) is 0 Å². The van der Waals surface area contributed by atoms with E-state index in [0.29, 0.717) is 6.04 Å². The molecule has 1 N–H and O–H groups in total. The smallest absolute Gasteiger partial charge is 0.122 e. The van der Waals surface area contributed by atoms with E-state index in [0.717, 1.165) is 43.9 Å². The van der Waals surface area contributed by atoms with Crippen LogP contribution >= 0.6 is 0 Å². The maximum Gasteiger partial charge on any atom is 0.122 e. The molecule has 2 aromatic rings. The van der Waals surface area contributed by atoms with E-state index in [9.17, 15) is 0 Å². The van der Waals surface area contributed by atoms with E-state index in [1.807, 2.05) is 12.1 Å². The van der Waals surface area contributed by atoms with Crippen LogP contribution < -0.4 is 10.1 Å². The molecular formula is C17H21NO2. The average Bonchev–Trinajstić information content (AvgIpc) is 3.13. The van der Waals surface area contributed by atoms with Gasteiger partial charge in [-0.3, -0.25) is 0 Å². The number of fused-ring (bicyclic) bond motifs is 1. The average molecular weight is 271 g/mol. The van der Waals surface area contributed by atoms with E-state index in [1.165, 1.54) is 11.1 Å². The second kappa shape index (κ2) is 6.14. The minimum Gasteiger partial charge on any atom is -0.493 e. The van der Waals surface area contributed by atoms with Crippen LogP contribution in [-0.2, 0) is 19.4 Å². The summed E-state index contributed by atoms with van der Waals surface area (Å²) in [6.07, 6.45) is 4.85. The highest BCUT2D eigenvalue weighted by Crippen LogP contribution is 2.25. The lowest BCUT2D eigenvalue weighted by molar-refractivity contribution is 0.357. The number of furan rings is 1. The van der Waals surface area contributed by atoms with Crippen molar-refractivity contribution in [2.45, 2.75) is 38.8 Å². The molecule has 0 saturated heterocycles. The maximum atomic E-state index is 5.53. The van der Waals surface area contributed by atoms with Gasteiger partial charge >= 0.3 is 0 Å². The second-order valence-electron chi connectivity index (χ2n) is 5.44. The highest BCUT2D eigenvalue weighted by atomic mass is 16.5. The molecule has 2 heterocycles.